The molecule has 0 radical (unpaired) electrons. The van der Waals surface area contributed by atoms with E-state index in [1.165, 1.54) is 0 Å². The van der Waals surface area contributed by atoms with Gasteiger partial charge in [-0.15, -0.1) is 5.10 Å². The Labute approximate surface area is 187 Å². The molecule has 0 saturated carbocycles. The number of aromatic nitrogens is 4. The molecule has 0 aliphatic rings. The Hall–Kier alpha value is -1.81. The predicted molar refractivity (Wildman–Crippen MR) is 118 cm³/mol. The molecule has 3 aromatic rings. The van der Waals surface area contributed by atoms with Crippen molar-refractivity contribution in [2.24, 2.45) is 7.05 Å². The van der Waals surface area contributed by atoms with E-state index in [9.17, 15) is 0 Å². The SMILES string of the molecule is COc1cc(CNCCSc2nnnn2C)cc(Br)c1OCc1ccc(Cl)cc1. The van der Waals surface area contributed by atoms with E-state index in [-0.39, 0.29) is 0 Å². The zero-order valence-corrected chi connectivity index (χ0v) is 19.2. The number of tetrazole rings is 1. The maximum atomic E-state index is 5.98. The fourth-order valence-electron chi connectivity index (χ4n) is 2.54. The van der Waals surface area contributed by atoms with Crippen LogP contribution in [0.3, 0.4) is 0 Å². The van der Waals surface area contributed by atoms with Crippen molar-refractivity contribution in [2.75, 3.05) is 19.4 Å². The van der Waals surface area contributed by atoms with Gasteiger partial charge >= 0.3 is 0 Å². The maximum absolute atomic E-state index is 5.98. The number of aryl methyl sites for hydroxylation is 1. The molecule has 0 atom stereocenters. The van der Waals surface area contributed by atoms with Crippen molar-refractivity contribution in [2.45, 2.75) is 18.3 Å². The number of ether oxygens (including phenoxy) is 2. The molecule has 1 N–H and O–H groups in total. The molecule has 1 aromatic heterocycles. The summed E-state index contributed by atoms with van der Waals surface area (Å²) in [6.07, 6.45) is 0. The molecule has 2 aromatic carbocycles. The first-order chi connectivity index (χ1) is 14.1. The minimum absolute atomic E-state index is 0.428. The van der Waals surface area contributed by atoms with Crippen molar-refractivity contribution in [1.29, 1.82) is 0 Å². The third-order valence-electron chi connectivity index (χ3n) is 4.01. The second kappa shape index (κ2) is 10.8. The zero-order chi connectivity index (χ0) is 20.6. The molecule has 7 nitrogen and oxygen atoms in total. The van der Waals surface area contributed by atoms with E-state index in [0.29, 0.717) is 29.7 Å². The Morgan fingerprint density at radius 3 is 2.69 bits per heavy atom. The Morgan fingerprint density at radius 2 is 2.00 bits per heavy atom. The molecule has 1 heterocycles. The first-order valence-electron chi connectivity index (χ1n) is 8.86. The van der Waals surface area contributed by atoms with Gasteiger partial charge < -0.3 is 14.8 Å². The number of nitrogens with one attached hydrogen (secondary N) is 1. The molecule has 29 heavy (non-hydrogen) atoms. The quantitative estimate of drug-likeness (QED) is 0.333. The van der Waals surface area contributed by atoms with Crippen LogP contribution in [0.15, 0.2) is 46.0 Å². The van der Waals surface area contributed by atoms with Gasteiger partial charge in [0.25, 0.3) is 0 Å². The lowest BCUT2D eigenvalue weighted by atomic mass is 10.2. The highest BCUT2D eigenvalue weighted by Gasteiger charge is 2.12. The van der Waals surface area contributed by atoms with Crippen LogP contribution in [0, 0.1) is 0 Å². The average Bonchev–Trinajstić information content (AvgIpc) is 3.12. The summed E-state index contributed by atoms with van der Waals surface area (Å²) in [5.41, 5.74) is 2.13. The van der Waals surface area contributed by atoms with Gasteiger partial charge in [0.1, 0.15) is 6.61 Å². The highest BCUT2D eigenvalue weighted by molar-refractivity contribution is 9.10. The molecule has 0 bridgehead atoms. The average molecular weight is 499 g/mol. The number of methoxy groups -OCH3 is 1. The van der Waals surface area contributed by atoms with Gasteiger partial charge in [-0.3, -0.25) is 0 Å². The highest BCUT2D eigenvalue weighted by Crippen LogP contribution is 2.37. The molecular weight excluding hydrogens is 478 g/mol. The first kappa shape index (κ1) is 21.9. The summed E-state index contributed by atoms with van der Waals surface area (Å²) >= 11 is 11.1. The molecule has 0 amide bonds. The van der Waals surface area contributed by atoms with Gasteiger partial charge in [-0.25, -0.2) is 4.68 Å². The van der Waals surface area contributed by atoms with Crippen LogP contribution in [0.5, 0.6) is 11.5 Å². The maximum Gasteiger partial charge on any atom is 0.209 e. The molecule has 0 fully saturated rings. The fraction of sp³-hybridized carbons (Fsp3) is 0.316. The normalized spacial score (nSPS) is 10.9. The number of benzene rings is 2. The molecular formula is C19H21BrClN5O2S. The number of nitrogens with zero attached hydrogens (tertiary/aromatic N) is 4. The highest BCUT2D eigenvalue weighted by atomic mass is 79.9. The van der Waals surface area contributed by atoms with Crippen LogP contribution >= 0.6 is 39.3 Å². The molecule has 0 saturated heterocycles. The Kier molecular flexibility index (Phi) is 8.17. The molecule has 0 aliphatic carbocycles. The van der Waals surface area contributed by atoms with E-state index in [1.807, 2.05) is 43.4 Å². The minimum Gasteiger partial charge on any atom is -0.493 e. The van der Waals surface area contributed by atoms with E-state index < -0.39 is 0 Å². The predicted octanol–water partition coefficient (Wildman–Crippen LogP) is 4.10. The van der Waals surface area contributed by atoms with Crippen LogP contribution in [0.1, 0.15) is 11.1 Å². The minimum atomic E-state index is 0.428. The van der Waals surface area contributed by atoms with E-state index >= 15 is 0 Å². The topological polar surface area (TPSA) is 74.1 Å². The Morgan fingerprint density at radius 1 is 1.21 bits per heavy atom. The summed E-state index contributed by atoms with van der Waals surface area (Å²) in [7, 11) is 3.47. The van der Waals surface area contributed by atoms with Gasteiger partial charge in [-0.2, -0.15) is 0 Å². The van der Waals surface area contributed by atoms with Gasteiger partial charge in [-0.1, -0.05) is 35.5 Å². The van der Waals surface area contributed by atoms with E-state index in [1.54, 1.807) is 23.6 Å². The third kappa shape index (κ3) is 6.33. The summed E-state index contributed by atoms with van der Waals surface area (Å²) in [6.45, 7) is 1.97. The van der Waals surface area contributed by atoms with Gasteiger partial charge in [0.15, 0.2) is 11.5 Å². The van der Waals surface area contributed by atoms with Crippen molar-refractivity contribution >= 4 is 39.3 Å². The van der Waals surface area contributed by atoms with Crippen LogP contribution in [-0.2, 0) is 20.2 Å². The number of rotatable bonds is 10. The van der Waals surface area contributed by atoms with Crippen molar-refractivity contribution in [1.82, 2.24) is 25.5 Å². The summed E-state index contributed by atoms with van der Waals surface area (Å²) in [5.74, 6) is 2.23. The van der Waals surface area contributed by atoms with Gasteiger partial charge in [0.05, 0.1) is 11.6 Å². The summed E-state index contributed by atoms with van der Waals surface area (Å²) in [5, 5.41) is 16.3. The lowest BCUT2D eigenvalue weighted by Crippen LogP contribution is -2.17. The lowest BCUT2D eigenvalue weighted by molar-refractivity contribution is 0.282. The summed E-state index contributed by atoms with van der Waals surface area (Å²) in [4.78, 5) is 0. The Bertz CT molecular complexity index is 939. The van der Waals surface area contributed by atoms with Crippen molar-refractivity contribution in [3.8, 4) is 11.5 Å². The monoisotopic (exact) mass is 497 g/mol. The van der Waals surface area contributed by atoms with E-state index in [4.69, 9.17) is 21.1 Å². The second-order valence-corrected chi connectivity index (χ2v) is 8.49. The van der Waals surface area contributed by atoms with Gasteiger partial charge in [0.2, 0.25) is 5.16 Å². The summed E-state index contributed by atoms with van der Waals surface area (Å²) < 4.78 is 14.0. The van der Waals surface area contributed by atoms with Crippen molar-refractivity contribution in [3.05, 3.63) is 57.0 Å². The second-order valence-electron chi connectivity index (χ2n) is 6.13. The van der Waals surface area contributed by atoms with Crippen LogP contribution < -0.4 is 14.8 Å². The summed E-state index contributed by atoms with van der Waals surface area (Å²) in [6, 6.07) is 11.6. The molecule has 154 valence electrons. The largest absolute Gasteiger partial charge is 0.493 e. The zero-order valence-electron chi connectivity index (χ0n) is 16.1. The van der Waals surface area contributed by atoms with Crippen molar-refractivity contribution in [3.63, 3.8) is 0 Å². The number of halogens is 2. The van der Waals surface area contributed by atoms with Crippen molar-refractivity contribution < 1.29 is 9.47 Å². The number of thioether (sulfide) groups is 1. The van der Waals surface area contributed by atoms with Gasteiger partial charge in [0, 0.05) is 30.9 Å². The lowest BCUT2D eigenvalue weighted by Gasteiger charge is -2.15. The van der Waals surface area contributed by atoms with Gasteiger partial charge in [-0.05, 0) is 61.7 Å². The number of hydrogen-bond acceptors (Lipinski definition) is 7. The number of hydrogen-bond donors (Lipinski definition) is 1. The van der Waals surface area contributed by atoms with Crippen LogP contribution in [-0.4, -0.2) is 39.6 Å². The van der Waals surface area contributed by atoms with Crippen LogP contribution in [0.2, 0.25) is 5.02 Å². The van der Waals surface area contributed by atoms with Crippen LogP contribution in [0.25, 0.3) is 0 Å². The Balaban J connectivity index is 1.53. The third-order valence-corrected chi connectivity index (χ3v) is 5.86. The molecule has 3 rings (SSSR count). The van der Waals surface area contributed by atoms with E-state index in [0.717, 1.165) is 33.1 Å². The molecule has 10 heteroatoms. The standard InChI is InChI=1S/C19H21BrClN5O2S/c1-26-19(23-24-25-26)29-8-7-22-11-14-9-16(20)18(17(10-14)27-2)28-12-13-3-5-15(21)6-4-13/h3-6,9-10,22H,7-8,11-12H2,1-2H3. The van der Waals surface area contributed by atoms with Crippen LogP contribution in [0.4, 0.5) is 0 Å². The molecule has 0 aliphatic heterocycles. The molecule has 0 unspecified atom stereocenters. The fourth-order valence-corrected chi connectivity index (χ4v) is 4.02. The smallest absolute Gasteiger partial charge is 0.209 e. The first-order valence-corrected chi connectivity index (χ1v) is 11.0. The van der Waals surface area contributed by atoms with E-state index in [2.05, 4.69) is 36.8 Å². The molecule has 0 spiro atoms.